The van der Waals surface area contributed by atoms with Crippen LogP contribution in [0.15, 0.2) is 22.7 Å². The van der Waals surface area contributed by atoms with Crippen LogP contribution in [0, 0.1) is 0 Å². The fraction of sp³-hybridized carbons (Fsp3) is 0.550. The molecule has 0 unspecified atom stereocenters. The number of carbonyl (C=O) groups excluding carboxylic acids is 2. The second-order valence-corrected chi connectivity index (χ2v) is 9.47. The monoisotopic (exact) mass is 468 g/mol. The standard InChI is InChI=1S/C20H25BrN2O6/c1-19(2,3)29-18(27)23-10-13(8-20(23,4)16(24)25)28-17(26)22-9-12-6-5-7-15(21)14(12)11-22/h5-7,13H,8-11H2,1-4H3,(H,24,25)/t13-,20+/m1/s1. The molecular formula is C20H25BrN2O6. The Balaban J connectivity index is 1.69. The van der Waals surface area contributed by atoms with Gasteiger partial charge in [-0.2, -0.15) is 0 Å². The van der Waals surface area contributed by atoms with Gasteiger partial charge in [0.05, 0.1) is 13.1 Å². The maximum atomic E-state index is 12.7. The van der Waals surface area contributed by atoms with Crippen LogP contribution in [-0.4, -0.2) is 56.9 Å². The topological polar surface area (TPSA) is 96.4 Å². The van der Waals surface area contributed by atoms with Gasteiger partial charge in [0.15, 0.2) is 0 Å². The molecule has 158 valence electrons. The Hall–Kier alpha value is -2.29. The lowest BCUT2D eigenvalue weighted by molar-refractivity contribution is -0.148. The highest BCUT2D eigenvalue weighted by Crippen LogP contribution is 2.34. The van der Waals surface area contributed by atoms with Crippen molar-refractivity contribution in [2.45, 2.75) is 64.4 Å². The number of benzene rings is 1. The Morgan fingerprint density at radius 3 is 2.48 bits per heavy atom. The van der Waals surface area contributed by atoms with Crippen molar-refractivity contribution in [3.63, 3.8) is 0 Å². The molecule has 1 N–H and O–H groups in total. The van der Waals surface area contributed by atoms with E-state index < -0.39 is 35.4 Å². The minimum absolute atomic E-state index is 0.00218. The Kier molecular flexibility index (Phi) is 5.55. The maximum Gasteiger partial charge on any atom is 0.411 e. The molecule has 0 radical (unpaired) electrons. The van der Waals surface area contributed by atoms with Gasteiger partial charge in [0, 0.05) is 17.4 Å². The number of hydrogen-bond acceptors (Lipinski definition) is 5. The van der Waals surface area contributed by atoms with Gasteiger partial charge in [0.2, 0.25) is 0 Å². The molecule has 2 amide bonds. The van der Waals surface area contributed by atoms with Crippen LogP contribution < -0.4 is 0 Å². The first-order valence-corrected chi connectivity index (χ1v) is 10.2. The van der Waals surface area contributed by atoms with Crippen LogP contribution in [0.4, 0.5) is 9.59 Å². The second-order valence-electron chi connectivity index (χ2n) is 8.61. The van der Waals surface area contributed by atoms with Gasteiger partial charge >= 0.3 is 18.2 Å². The molecule has 1 fully saturated rings. The first kappa shape index (κ1) is 21.4. The summed E-state index contributed by atoms with van der Waals surface area (Å²) in [5.74, 6) is -1.17. The summed E-state index contributed by atoms with van der Waals surface area (Å²) in [6.07, 6.45) is -2.00. The number of fused-ring (bicyclic) bond motifs is 1. The number of halogens is 1. The number of carboxylic acid groups (broad SMARTS) is 1. The van der Waals surface area contributed by atoms with Crippen molar-refractivity contribution in [3.05, 3.63) is 33.8 Å². The predicted octanol–water partition coefficient (Wildman–Crippen LogP) is 3.75. The SMILES string of the molecule is CC(C)(C)OC(=O)N1C[C@H](OC(=O)N2Cc3cccc(Br)c3C2)C[C@@]1(C)C(=O)O. The number of carboxylic acids is 1. The number of rotatable bonds is 2. The van der Waals surface area contributed by atoms with Crippen molar-refractivity contribution in [1.29, 1.82) is 0 Å². The van der Waals surface area contributed by atoms with E-state index in [1.165, 1.54) is 6.92 Å². The molecule has 2 aliphatic heterocycles. The second kappa shape index (κ2) is 7.51. The number of aliphatic carboxylic acids is 1. The molecule has 9 heteroatoms. The van der Waals surface area contributed by atoms with Gasteiger partial charge in [-0.1, -0.05) is 28.1 Å². The van der Waals surface area contributed by atoms with Gasteiger partial charge in [-0.3, -0.25) is 9.80 Å². The highest BCUT2D eigenvalue weighted by atomic mass is 79.9. The fourth-order valence-corrected chi connectivity index (χ4v) is 4.16. The molecule has 1 saturated heterocycles. The first-order chi connectivity index (χ1) is 13.4. The molecule has 2 atom stereocenters. The molecular weight excluding hydrogens is 444 g/mol. The lowest BCUT2D eigenvalue weighted by atomic mass is 9.99. The van der Waals surface area contributed by atoms with E-state index in [1.54, 1.807) is 25.7 Å². The number of amides is 2. The van der Waals surface area contributed by atoms with Crippen molar-refractivity contribution < 1.29 is 29.0 Å². The van der Waals surface area contributed by atoms with E-state index in [2.05, 4.69) is 15.9 Å². The van der Waals surface area contributed by atoms with E-state index in [0.29, 0.717) is 13.1 Å². The highest BCUT2D eigenvalue weighted by Gasteiger charge is 2.53. The largest absolute Gasteiger partial charge is 0.480 e. The van der Waals surface area contributed by atoms with E-state index >= 15 is 0 Å². The molecule has 2 heterocycles. The molecule has 1 aromatic carbocycles. The van der Waals surface area contributed by atoms with Crippen LogP contribution in [0.3, 0.4) is 0 Å². The summed E-state index contributed by atoms with van der Waals surface area (Å²) in [6.45, 7) is 7.36. The van der Waals surface area contributed by atoms with Gasteiger partial charge in [-0.05, 0) is 44.9 Å². The van der Waals surface area contributed by atoms with Crippen molar-refractivity contribution in [1.82, 2.24) is 9.80 Å². The van der Waals surface area contributed by atoms with E-state index in [0.717, 1.165) is 20.5 Å². The van der Waals surface area contributed by atoms with Crippen LogP contribution in [0.25, 0.3) is 0 Å². The Morgan fingerprint density at radius 1 is 1.21 bits per heavy atom. The van der Waals surface area contributed by atoms with Crippen molar-refractivity contribution in [2.24, 2.45) is 0 Å². The van der Waals surface area contributed by atoms with Gasteiger partial charge in [-0.25, -0.2) is 14.4 Å². The predicted molar refractivity (Wildman–Crippen MR) is 107 cm³/mol. The average Bonchev–Trinajstić information content (AvgIpc) is 3.16. The smallest absolute Gasteiger partial charge is 0.411 e. The Bertz CT molecular complexity index is 852. The molecule has 0 aliphatic carbocycles. The van der Waals surface area contributed by atoms with E-state index in [1.807, 2.05) is 18.2 Å². The van der Waals surface area contributed by atoms with Gasteiger partial charge in [0.25, 0.3) is 0 Å². The molecule has 29 heavy (non-hydrogen) atoms. The normalized spacial score (nSPS) is 23.7. The molecule has 1 aromatic rings. The lowest BCUT2D eigenvalue weighted by Crippen LogP contribution is -2.52. The van der Waals surface area contributed by atoms with E-state index in [4.69, 9.17) is 9.47 Å². The van der Waals surface area contributed by atoms with Crippen molar-refractivity contribution in [3.8, 4) is 0 Å². The zero-order valence-corrected chi connectivity index (χ0v) is 18.5. The summed E-state index contributed by atoms with van der Waals surface area (Å²) in [7, 11) is 0. The van der Waals surface area contributed by atoms with E-state index in [-0.39, 0.29) is 13.0 Å². The molecule has 3 rings (SSSR count). The summed E-state index contributed by atoms with van der Waals surface area (Å²) < 4.78 is 11.9. The van der Waals surface area contributed by atoms with Gasteiger partial charge < -0.3 is 14.6 Å². The number of hydrogen-bond donors (Lipinski definition) is 1. The fourth-order valence-electron chi connectivity index (χ4n) is 3.63. The zero-order valence-electron chi connectivity index (χ0n) is 16.9. The number of nitrogens with zero attached hydrogens (tertiary/aromatic N) is 2. The Morgan fingerprint density at radius 2 is 1.90 bits per heavy atom. The summed E-state index contributed by atoms with van der Waals surface area (Å²) in [4.78, 5) is 39.8. The summed E-state index contributed by atoms with van der Waals surface area (Å²) in [5.41, 5.74) is -0.209. The quantitative estimate of drug-likeness (QED) is 0.709. The third kappa shape index (κ3) is 4.34. The number of ether oxygens (including phenoxy) is 2. The molecule has 0 aromatic heterocycles. The van der Waals surface area contributed by atoms with E-state index in [9.17, 15) is 19.5 Å². The third-order valence-electron chi connectivity index (χ3n) is 5.13. The average molecular weight is 469 g/mol. The summed E-state index contributed by atoms with van der Waals surface area (Å²) in [5, 5.41) is 9.70. The minimum Gasteiger partial charge on any atom is -0.480 e. The molecule has 0 spiro atoms. The van der Waals surface area contributed by atoms with Crippen LogP contribution in [0.1, 0.15) is 45.2 Å². The molecule has 2 aliphatic rings. The van der Waals surface area contributed by atoms with Crippen LogP contribution in [-0.2, 0) is 27.4 Å². The zero-order chi connectivity index (χ0) is 21.6. The number of carbonyl (C=O) groups is 3. The van der Waals surface area contributed by atoms with Crippen molar-refractivity contribution >= 4 is 34.1 Å². The molecule has 0 bridgehead atoms. The maximum absolute atomic E-state index is 12.7. The molecule has 8 nitrogen and oxygen atoms in total. The van der Waals surface area contributed by atoms with Gasteiger partial charge in [0.1, 0.15) is 17.2 Å². The van der Waals surface area contributed by atoms with Crippen molar-refractivity contribution in [2.75, 3.05) is 6.54 Å². The van der Waals surface area contributed by atoms with Crippen LogP contribution in [0.2, 0.25) is 0 Å². The highest BCUT2D eigenvalue weighted by molar-refractivity contribution is 9.10. The summed E-state index contributed by atoms with van der Waals surface area (Å²) in [6, 6.07) is 5.78. The van der Waals surface area contributed by atoms with Crippen LogP contribution >= 0.6 is 15.9 Å². The minimum atomic E-state index is -1.51. The summed E-state index contributed by atoms with van der Waals surface area (Å²) >= 11 is 3.49. The lowest BCUT2D eigenvalue weighted by Gasteiger charge is -2.32. The van der Waals surface area contributed by atoms with Gasteiger partial charge in [-0.15, -0.1) is 0 Å². The molecule has 0 saturated carbocycles. The number of likely N-dealkylation sites (tertiary alicyclic amines) is 1. The van der Waals surface area contributed by atoms with Crippen LogP contribution in [0.5, 0.6) is 0 Å². The Labute approximate surface area is 177 Å². The third-order valence-corrected chi connectivity index (χ3v) is 5.88. The first-order valence-electron chi connectivity index (χ1n) is 9.36.